The fourth-order valence-corrected chi connectivity index (χ4v) is 1.95. The fourth-order valence-electron chi connectivity index (χ4n) is 1.95. The van der Waals surface area contributed by atoms with Crippen molar-refractivity contribution in [2.75, 3.05) is 31.9 Å². The molecule has 2 aromatic rings. The van der Waals surface area contributed by atoms with E-state index in [0.717, 1.165) is 11.4 Å². The third kappa shape index (κ3) is 2.89. The molecular formula is C15H17N3O3. The van der Waals surface area contributed by atoms with E-state index < -0.39 is 5.97 Å². The second-order valence-corrected chi connectivity index (χ2v) is 4.34. The minimum absolute atomic E-state index is 0.280. The minimum atomic E-state index is -0.487. The Balaban J connectivity index is 2.38. The molecule has 1 heterocycles. The average Bonchev–Trinajstić information content (AvgIpc) is 2.54. The molecule has 0 aliphatic rings. The van der Waals surface area contributed by atoms with E-state index in [9.17, 15) is 4.79 Å². The van der Waals surface area contributed by atoms with Gasteiger partial charge in [-0.1, -0.05) is 0 Å². The van der Waals surface area contributed by atoms with Gasteiger partial charge in [-0.3, -0.25) is 0 Å². The van der Waals surface area contributed by atoms with Gasteiger partial charge in [-0.15, -0.1) is 0 Å². The van der Waals surface area contributed by atoms with E-state index in [-0.39, 0.29) is 5.69 Å². The molecule has 0 radical (unpaired) electrons. The van der Waals surface area contributed by atoms with Gasteiger partial charge in [0.1, 0.15) is 5.75 Å². The number of rotatable bonds is 4. The molecule has 2 N–H and O–H groups in total. The first-order chi connectivity index (χ1) is 10.1. The number of nitrogens with zero attached hydrogens (tertiary/aromatic N) is 2. The number of carbonyl (C=O) groups excluding carboxylic acids is 1. The van der Waals surface area contributed by atoms with Crippen molar-refractivity contribution < 1.29 is 14.3 Å². The maximum absolute atomic E-state index is 11.7. The van der Waals surface area contributed by atoms with E-state index >= 15 is 0 Å². The first kappa shape index (κ1) is 14.6. The third-order valence-corrected chi connectivity index (χ3v) is 3.15. The zero-order valence-corrected chi connectivity index (χ0v) is 12.2. The number of pyridine rings is 1. The summed E-state index contributed by atoms with van der Waals surface area (Å²) in [5.41, 5.74) is 7.47. The van der Waals surface area contributed by atoms with Gasteiger partial charge in [0.05, 0.1) is 25.5 Å². The number of aromatic nitrogens is 1. The summed E-state index contributed by atoms with van der Waals surface area (Å²) < 4.78 is 9.83. The highest BCUT2D eigenvalue weighted by Crippen LogP contribution is 2.30. The molecule has 0 fully saturated rings. The summed E-state index contributed by atoms with van der Waals surface area (Å²) in [5, 5.41) is 0. The number of esters is 1. The summed E-state index contributed by atoms with van der Waals surface area (Å²) >= 11 is 0. The summed E-state index contributed by atoms with van der Waals surface area (Å²) in [6.45, 7) is 0. The van der Waals surface area contributed by atoms with Gasteiger partial charge in [0.15, 0.2) is 5.82 Å². The summed E-state index contributed by atoms with van der Waals surface area (Å²) in [5.74, 6) is 0.763. The van der Waals surface area contributed by atoms with Crippen LogP contribution in [0.25, 0.3) is 0 Å². The number of methoxy groups -OCH3 is 2. The van der Waals surface area contributed by atoms with Gasteiger partial charge in [-0.2, -0.15) is 0 Å². The predicted molar refractivity (Wildman–Crippen MR) is 81.0 cm³/mol. The zero-order chi connectivity index (χ0) is 15.4. The van der Waals surface area contributed by atoms with Crippen molar-refractivity contribution in [3.63, 3.8) is 0 Å². The van der Waals surface area contributed by atoms with Crippen LogP contribution >= 0.6 is 0 Å². The van der Waals surface area contributed by atoms with E-state index in [1.807, 2.05) is 31.3 Å². The number of hydrogen-bond acceptors (Lipinski definition) is 6. The molecule has 0 unspecified atom stereocenters. The van der Waals surface area contributed by atoms with Crippen LogP contribution in [0.2, 0.25) is 0 Å². The molecule has 0 amide bonds. The molecule has 0 bridgehead atoms. The Morgan fingerprint density at radius 2 is 1.86 bits per heavy atom. The van der Waals surface area contributed by atoms with Crippen LogP contribution in [0.5, 0.6) is 5.75 Å². The molecule has 1 aromatic carbocycles. The van der Waals surface area contributed by atoms with Crippen molar-refractivity contribution in [2.24, 2.45) is 0 Å². The number of nitrogens with two attached hydrogens (primary N) is 1. The van der Waals surface area contributed by atoms with Crippen LogP contribution in [0.4, 0.5) is 17.2 Å². The molecular weight excluding hydrogens is 270 g/mol. The van der Waals surface area contributed by atoms with E-state index in [4.69, 9.17) is 15.2 Å². The lowest BCUT2D eigenvalue weighted by molar-refractivity contribution is 0.0602. The van der Waals surface area contributed by atoms with Gasteiger partial charge in [0.25, 0.3) is 0 Å². The average molecular weight is 287 g/mol. The zero-order valence-electron chi connectivity index (χ0n) is 12.2. The first-order valence-electron chi connectivity index (χ1n) is 6.29. The van der Waals surface area contributed by atoms with Crippen molar-refractivity contribution in [1.82, 2.24) is 4.98 Å². The summed E-state index contributed by atoms with van der Waals surface area (Å²) in [6, 6.07) is 8.97. The fraction of sp³-hybridized carbons (Fsp3) is 0.200. The largest absolute Gasteiger partial charge is 0.497 e. The summed E-state index contributed by atoms with van der Waals surface area (Å²) in [6.07, 6.45) is 1.53. The Bertz CT molecular complexity index is 641. The van der Waals surface area contributed by atoms with Crippen molar-refractivity contribution in [3.8, 4) is 5.75 Å². The molecule has 0 atom stereocenters. The van der Waals surface area contributed by atoms with Gasteiger partial charge in [-0.05, 0) is 30.3 Å². The topological polar surface area (TPSA) is 77.7 Å². The maximum atomic E-state index is 11.7. The van der Waals surface area contributed by atoms with E-state index in [1.165, 1.54) is 19.4 Å². The molecule has 0 aliphatic heterocycles. The molecule has 6 heteroatoms. The highest BCUT2D eigenvalue weighted by atomic mass is 16.5. The Hall–Kier alpha value is -2.76. The maximum Gasteiger partial charge on any atom is 0.340 e. The van der Waals surface area contributed by atoms with Gasteiger partial charge >= 0.3 is 5.97 Å². The van der Waals surface area contributed by atoms with E-state index in [2.05, 4.69) is 4.98 Å². The second kappa shape index (κ2) is 6.13. The lowest BCUT2D eigenvalue weighted by Crippen LogP contribution is -2.16. The third-order valence-electron chi connectivity index (χ3n) is 3.15. The molecule has 0 saturated heterocycles. The van der Waals surface area contributed by atoms with Crippen LogP contribution in [-0.4, -0.2) is 32.2 Å². The Labute approximate surface area is 123 Å². The Morgan fingerprint density at radius 3 is 2.43 bits per heavy atom. The standard InChI is InChI=1S/C15H17N3O3/c1-18(10-4-6-11(20-2)7-5-10)14-13(16)12(8-9-17-14)15(19)21-3/h4-9H,16H2,1-3H3. The lowest BCUT2D eigenvalue weighted by Gasteiger charge is -2.21. The number of benzene rings is 1. The summed E-state index contributed by atoms with van der Waals surface area (Å²) in [4.78, 5) is 17.7. The minimum Gasteiger partial charge on any atom is -0.497 e. The highest BCUT2D eigenvalue weighted by Gasteiger charge is 2.17. The van der Waals surface area contributed by atoms with Gasteiger partial charge < -0.3 is 20.1 Å². The van der Waals surface area contributed by atoms with Crippen molar-refractivity contribution in [3.05, 3.63) is 42.1 Å². The van der Waals surface area contributed by atoms with Crippen molar-refractivity contribution in [1.29, 1.82) is 0 Å². The molecule has 0 saturated carbocycles. The van der Waals surface area contributed by atoms with E-state index in [0.29, 0.717) is 11.4 Å². The molecule has 6 nitrogen and oxygen atoms in total. The SMILES string of the molecule is COC(=O)c1ccnc(N(C)c2ccc(OC)cc2)c1N. The quantitative estimate of drug-likeness (QED) is 0.869. The van der Waals surface area contributed by atoms with Crippen LogP contribution < -0.4 is 15.4 Å². The van der Waals surface area contributed by atoms with Crippen LogP contribution in [0.15, 0.2) is 36.5 Å². The van der Waals surface area contributed by atoms with Gasteiger partial charge in [0, 0.05) is 18.9 Å². The molecule has 0 aliphatic carbocycles. The van der Waals surface area contributed by atoms with Crippen LogP contribution in [0.1, 0.15) is 10.4 Å². The molecule has 110 valence electrons. The number of anilines is 3. The van der Waals surface area contributed by atoms with Crippen LogP contribution in [0, 0.1) is 0 Å². The number of nitrogen functional groups attached to an aromatic ring is 1. The predicted octanol–water partition coefficient (Wildman–Crippen LogP) is 2.23. The number of carbonyl (C=O) groups is 1. The van der Waals surface area contributed by atoms with Gasteiger partial charge in [0.2, 0.25) is 0 Å². The van der Waals surface area contributed by atoms with Crippen LogP contribution in [-0.2, 0) is 4.74 Å². The molecule has 2 rings (SSSR count). The van der Waals surface area contributed by atoms with Crippen LogP contribution in [0.3, 0.4) is 0 Å². The molecule has 0 spiro atoms. The van der Waals surface area contributed by atoms with Crippen molar-refractivity contribution in [2.45, 2.75) is 0 Å². The smallest absolute Gasteiger partial charge is 0.340 e. The van der Waals surface area contributed by atoms with E-state index in [1.54, 1.807) is 12.0 Å². The summed E-state index contributed by atoms with van der Waals surface area (Å²) in [7, 11) is 4.74. The monoisotopic (exact) mass is 287 g/mol. The first-order valence-corrected chi connectivity index (χ1v) is 6.29. The molecule has 21 heavy (non-hydrogen) atoms. The Morgan fingerprint density at radius 1 is 1.19 bits per heavy atom. The van der Waals surface area contributed by atoms with Crippen molar-refractivity contribution >= 4 is 23.2 Å². The van der Waals surface area contributed by atoms with Gasteiger partial charge in [-0.25, -0.2) is 9.78 Å². The second-order valence-electron chi connectivity index (χ2n) is 4.34. The lowest BCUT2D eigenvalue weighted by atomic mass is 10.2. The number of hydrogen-bond donors (Lipinski definition) is 1. The normalized spacial score (nSPS) is 10.0. The highest BCUT2D eigenvalue weighted by molar-refractivity contribution is 5.98. The number of ether oxygens (including phenoxy) is 2. The Kier molecular flexibility index (Phi) is 4.27. The molecule has 1 aromatic heterocycles.